The molecule has 2 aromatic rings. The zero-order valence-electron chi connectivity index (χ0n) is 10.3. The fourth-order valence-electron chi connectivity index (χ4n) is 2.56. The van der Waals surface area contributed by atoms with Crippen LogP contribution in [-0.4, -0.2) is 34.2 Å². The van der Waals surface area contributed by atoms with Gasteiger partial charge in [-0.1, -0.05) is 0 Å². The lowest BCUT2D eigenvalue weighted by Crippen LogP contribution is -2.42. The van der Waals surface area contributed by atoms with Gasteiger partial charge in [0, 0.05) is 35.6 Å². The van der Waals surface area contributed by atoms with Crippen molar-refractivity contribution >= 4 is 11.3 Å². The molecule has 0 unspecified atom stereocenters. The molecule has 18 heavy (non-hydrogen) atoms. The number of likely N-dealkylation sites (tertiary alicyclic amines) is 1. The van der Waals surface area contributed by atoms with E-state index in [1.54, 1.807) is 11.3 Å². The van der Waals surface area contributed by atoms with Crippen LogP contribution in [0.2, 0.25) is 0 Å². The van der Waals surface area contributed by atoms with Crippen molar-refractivity contribution < 1.29 is 0 Å². The van der Waals surface area contributed by atoms with Gasteiger partial charge in [-0.25, -0.2) is 0 Å². The molecule has 96 valence electrons. The van der Waals surface area contributed by atoms with Crippen LogP contribution in [0.1, 0.15) is 18.4 Å². The third kappa shape index (κ3) is 2.48. The first-order valence-corrected chi connectivity index (χ1v) is 7.30. The normalized spacial score (nSPS) is 21.3. The molecule has 3 heterocycles. The maximum Gasteiger partial charge on any atom is 0.0703 e. The smallest absolute Gasteiger partial charge is 0.0703 e. The van der Waals surface area contributed by atoms with E-state index < -0.39 is 0 Å². The second kappa shape index (κ2) is 5.22. The third-order valence-electron chi connectivity index (χ3n) is 3.46. The van der Waals surface area contributed by atoms with Crippen molar-refractivity contribution in [2.45, 2.75) is 25.4 Å². The largest absolute Gasteiger partial charge is 0.327 e. The second-order valence-corrected chi connectivity index (χ2v) is 5.70. The van der Waals surface area contributed by atoms with E-state index in [4.69, 9.17) is 5.73 Å². The molecular formula is C13H18N4S. The van der Waals surface area contributed by atoms with Gasteiger partial charge in [0.05, 0.1) is 11.9 Å². The Labute approximate surface area is 111 Å². The van der Waals surface area contributed by atoms with Gasteiger partial charge in [-0.15, -0.1) is 0 Å². The molecule has 4 nitrogen and oxygen atoms in total. The molecule has 0 radical (unpaired) electrons. The van der Waals surface area contributed by atoms with Crippen molar-refractivity contribution in [1.29, 1.82) is 0 Å². The Bertz CT molecular complexity index is 491. The summed E-state index contributed by atoms with van der Waals surface area (Å²) in [6.07, 6.45) is 4.29. The van der Waals surface area contributed by atoms with Gasteiger partial charge in [0.25, 0.3) is 0 Å². The summed E-state index contributed by atoms with van der Waals surface area (Å²) >= 11 is 1.71. The fourth-order valence-corrected chi connectivity index (χ4v) is 3.21. The first-order chi connectivity index (χ1) is 8.83. The van der Waals surface area contributed by atoms with Crippen molar-refractivity contribution in [1.82, 2.24) is 15.1 Å². The van der Waals surface area contributed by atoms with Crippen LogP contribution in [-0.2, 0) is 6.54 Å². The Morgan fingerprint density at radius 1 is 1.56 bits per heavy atom. The van der Waals surface area contributed by atoms with Gasteiger partial charge >= 0.3 is 0 Å². The zero-order valence-corrected chi connectivity index (χ0v) is 11.1. The molecular weight excluding hydrogens is 244 g/mol. The van der Waals surface area contributed by atoms with Gasteiger partial charge in [0.15, 0.2) is 0 Å². The van der Waals surface area contributed by atoms with Crippen LogP contribution in [0.25, 0.3) is 11.3 Å². The molecule has 1 aliphatic heterocycles. The van der Waals surface area contributed by atoms with E-state index in [-0.39, 0.29) is 0 Å². The van der Waals surface area contributed by atoms with Gasteiger partial charge < -0.3 is 5.73 Å². The topological polar surface area (TPSA) is 57.9 Å². The second-order valence-electron chi connectivity index (χ2n) is 4.92. The minimum atomic E-state index is 0.329. The van der Waals surface area contributed by atoms with E-state index in [0.29, 0.717) is 6.04 Å². The number of aromatic nitrogens is 2. The molecule has 0 spiro atoms. The molecule has 0 aliphatic carbocycles. The summed E-state index contributed by atoms with van der Waals surface area (Å²) in [5, 5.41) is 11.5. The van der Waals surface area contributed by atoms with E-state index in [2.05, 4.69) is 31.9 Å². The highest BCUT2D eigenvalue weighted by atomic mass is 32.1. The lowest BCUT2D eigenvalue weighted by molar-refractivity contribution is 0.202. The van der Waals surface area contributed by atoms with Crippen LogP contribution in [0.3, 0.4) is 0 Å². The zero-order chi connectivity index (χ0) is 12.4. The number of rotatable bonds is 3. The van der Waals surface area contributed by atoms with Crippen LogP contribution < -0.4 is 5.73 Å². The van der Waals surface area contributed by atoms with E-state index >= 15 is 0 Å². The number of thiophene rings is 1. The molecule has 1 aliphatic rings. The minimum absolute atomic E-state index is 0.329. The summed E-state index contributed by atoms with van der Waals surface area (Å²) in [6, 6.07) is 2.46. The van der Waals surface area contributed by atoms with Crippen molar-refractivity contribution in [3.05, 3.63) is 28.6 Å². The Balaban J connectivity index is 1.75. The number of piperidine rings is 1. The number of H-pyrrole nitrogens is 1. The van der Waals surface area contributed by atoms with E-state index in [1.807, 2.05) is 6.20 Å². The molecule has 0 aromatic carbocycles. The Hall–Kier alpha value is -1.17. The van der Waals surface area contributed by atoms with E-state index in [0.717, 1.165) is 31.7 Å². The fraction of sp³-hybridized carbons (Fsp3) is 0.462. The van der Waals surface area contributed by atoms with Crippen molar-refractivity contribution in [3.8, 4) is 11.3 Å². The first kappa shape index (κ1) is 11.9. The number of nitrogens with two attached hydrogens (primary N) is 1. The lowest BCUT2D eigenvalue weighted by Gasteiger charge is -2.30. The summed E-state index contributed by atoms with van der Waals surface area (Å²) in [6.45, 7) is 3.07. The summed E-state index contributed by atoms with van der Waals surface area (Å²) in [7, 11) is 0. The molecule has 2 aromatic heterocycles. The first-order valence-electron chi connectivity index (χ1n) is 6.35. The SMILES string of the molecule is N[C@@H]1CCCN(Cc2cn[nH]c2-c2ccsc2)C1. The standard InChI is InChI=1S/C13H18N4S/c14-12-2-1-4-17(8-12)7-11-6-15-16-13(11)10-3-5-18-9-10/h3,5-6,9,12H,1-2,4,7-8,14H2,(H,15,16)/t12-/m1/s1. The maximum atomic E-state index is 6.02. The number of hydrogen-bond donors (Lipinski definition) is 2. The molecule has 0 amide bonds. The number of hydrogen-bond acceptors (Lipinski definition) is 4. The van der Waals surface area contributed by atoms with Gasteiger partial charge in [-0.2, -0.15) is 16.4 Å². The molecule has 1 atom stereocenters. The van der Waals surface area contributed by atoms with Gasteiger partial charge in [-0.05, 0) is 30.8 Å². The van der Waals surface area contributed by atoms with Crippen molar-refractivity contribution in [3.63, 3.8) is 0 Å². The van der Waals surface area contributed by atoms with Crippen LogP contribution in [0, 0.1) is 0 Å². The summed E-state index contributed by atoms with van der Waals surface area (Å²) in [4.78, 5) is 2.43. The van der Waals surface area contributed by atoms with Crippen LogP contribution in [0.15, 0.2) is 23.0 Å². The highest BCUT2D eigenvalue weighted by Gasteiger charge is 2.18. The van der Waals surface area contributed by atoms with Gasteiger partial charge in [-0.3, -0.25) is 10.00 Å². The molecule has 5 heteroatoms. The van der Waals surface area contributed by atoms with Crippen molar-refractivity contribution in [2.75, 3.05) is 13.1 Å². The molecule has 1 fully saturated rings. The molecule has 3 N–H and O–H groups in total. The molecule has 3 rings (SSSR count). The molecule has 0 saturated carbocycles. The van der Waals surface area contributed by atoms with Gasteiger partial charge in [0.2, 0.25) is 0 Å². The quantitative estimate of drug-likeness (QED) is 0.890. The van der Waals surface area contributed by atoms with E-state index in [9.17, 15) is 0 Å². The highest BCUT2D eigenvalue weighted by Crippen LogP contribution is 2.25. The molecule has 1 saturated heterocycles. The summed E-state index contributed by atoms with van der Waals surface area (Å²) in [5.41, 5.74) is 9.67. The minimum Gasteiger partial charge on any atom is -0.327 e. The van der Waals surface area contributed by atoms with Crippen LogP contribution in [0.4, 0.5) is 0 Å². The lowest BCUT2D eigenvalue weighted by atomic mass is 10.1. The predicted molar refractivity (Wildman–Crippen MR) is 74.4 cm³/mol. The van der Waals surface area contributed by atoms with Gasteiger partial charge in [0.1, 0.15) is 0 Å². The van der Waals surface area contributed by atoms with Crippen LogP contribution in [0.5, 0.6) is 0 Å². The number of aromatic amines is 1. The predicted octanol–water partition coefficient (Wildman–Crippen LogP) is 2.06. The Kier molecular flexibility index (Phi) is 3.45. The average molecular weight is 262 g/mol. The number of nitrogens with one attached hydrogen (secondary N) is 1. The van der Waals surface area contributed by atoms with Crippen LogP contribution >= 0.6 is 11.3 Å². The summed E-state index contributed by atoms with van der Waals surface area (Å²) < 4.78 is 0. The maximum absolute atomic E-state index is 6.02. The monoisotopic (exact) mass is 262 g/mol. The third-order valence-corrected chi connectivity index (χ3v) is 4.15. The average Bonchev–Trinajstić information content (AvgIpc) is 2.98. The Morgan fingerprint density at radius 2 is 2.50 bits per heavy atom. The van der Waals surface area contributed by atoms with E-state index in [1.165, 1.54) is 17.5 Å². The number of nitrogens with zero attached hydrogens (tertiary/aromatic N) is 2. The summed E-state index contributed by atoms with van der Waals surface area (Å²) in [5.74, 6) is 0. The molecule has 0 bridgehead atoms. The van der Waals surface area contributed by atoms with Crippen molar-refractivity contribution in [2.24, 2.45) is 5.73 Å². The Morgan fingerprint density at radius 3 is 3.28 bits per heavy atom. The highest BCUT2D eigenvalue weighted by molar-refractivity contribution is 7.08.